The molecule has 1 saturated heterocycles. The van der Waals surface area contributed by atoms with Gasteiger partial charge in [0.2, 0.25) is 11.8 Å². The number of benzene rings is 1. The van der Waals surface area contributed by atoms with Crippen molar-refractivity contribution >= 4 is 35.0 Å². The minimum atomic E-state index is -0.0970. The van der Waals surface area contributed by atoms with E-state index >= 15 is 0 Å². The Morgan fingerprint density at radius 3 is 2.44 bits per heavy atom. The summed E-state index contributed by atoms with van der Waals surface area (Å²) in [6.45, 7) is 9.73. The van der Waals surface area contributed by atoms with Crippen LogP contribution in [-0.2, 0) is 14.3 Å². The molecule has 0 spiro atoms. The standard InChI is InChI=1S/C20H30N3O3S/c1-14(2)21-19(24)9-10-27-13-20(25)22-17-5-7-18(8-6-17)23-11-15(3)26-16(4)12-23/h5-9,14-16H,10-13H2,1-4H3,(H,21,24)(H,22,25). The fourth-order valence-corrected chi connectivity index (χ4v) is 3.62. The summed E-state index contributed by atoms with van der Waals surface area (Å²) in [7, 11) is 0. The zero-order chi connectivity index (χ0) is 19.8. The summed E-state index contributed by atoms with van der Waals surface area (Å²) in [5, 5.41) is 5.68. The number of amides is 2. The Balaban J connectivity index is 1.72. The smallest absolute Gasteiger partial charge is 0.234 e. The number of nitrogens with one attached hydrogen (secondary N) is 2. The normalized spacial score (nSPS) is 19.8. The van der Waals surface area contributed by atoms with Gasteiger partial charge in [0, 0.05) is 36.3 Å². The fraction of sp³-hybridized carbons (Fsp3) is 0.550. The molecular weight excluding hydrogens is 362 g/mol. The van der Waals surface area contributed by atoms with Gasteiger partial charge in [-0.3, -0.25) is 9.59 Å². The third kappa shape index (κ3) is 7.81. The minimum Gasteiger partial charge on any atom is -0.372 e. The first-order valence-electron chi connectivity index (χ1n) is 9.35. The van der Waals surface area contributed by atoms with Crippen LogP contribution in [0.25, 0.3) is 0 Å². The van der Waals surface area contributed by atoms with Gasteiger partial charge in [-0.1, -0.05) is 0 Å². The van der Waals surface area contributed by atoms with Gasteiger partial charge < -0.3 is 20.3 Å². The van der Waals surface area contributed by atoms with Crippen molar-refractivity contribution in [3.05, 3.63) is 30.7 Å². The van der Waals surface area contributed by atoms with Crippen LogP contribution in [0.3, 0.4) is 0 Å². The van der Waals surface area contributed by atoms with Gasteiger partial charge in [-0.25, -0.2) is 0 Å². The predicted molar refractivity (Wildman–Crippen MR) is 112 cm³/mol. The van der Waals surface area contributed by atoms with Crippen LogP contribution in [0.2, 0.25) is 0 Å². The molecule has 1 aromatic carbocycles. The molecule has 7 heteroatoms. The van der Waals surface area contributed by atoms with Crippen molar-refractivity contribution in [2.24, 2.45) is 0 Å². The number of carbonyl (C=O) groups is 2. The molecule has 1 aliphatic heterocycles. The van der Waals surface area contributed by atoms with Crippen LogP contribution < -0.4 is 15.5 Å². The molecule has 1 fully saturated rings. The van der Waals surface area contributed by atoms with Gasteiger partial charge in [0.15, 0.2) is 0 Å². The van der Waals surface area contributed by atoms with E-state index in [1.165, 1.54) is 11.8 Å². The van der Waals surface area contributed by atoms with Crippen molar-refractivity contribution in [2.45, 2.75) is 45.9 Å². The van der Waals surface area contributed by atoms with Crippen LogP contribution in [0.1, 0.15) is 27.7 Å². The molecule has 1 radical (unpaired) electrons. The van der Waals surface area contributed by atoms with Gasteiger partial charge in [0.05, 0.1) is 24.4 Å². The van der Waals surface area contributed by atoms with Gasteiger partial charge in [-0.05, 0) is 52.0 Å². The molecule has 0 bridgehead atoms. The molecule has 2 amide bonds. The number of ether oxygens (including phenoxy) is 1. The average molecular weight is 393 g/mol. The highest BCUT2D eigenvalue weighted by Gasteiger charge is 2.22. The average Bonchev–Trinajstić information content (AvgIpc) is 2.58. The van der Waals surface area contributed by atoms with Crippen LogP contribution in [-0.4, -0.2) is 54.7 Å². The molecule has 0 saturated carbocycles. The van der Waals surface area contributed by atoms with Crippen molar-refractivity contribution in [1.82, 2.24) is 5.32 Å². The Morgan fingerprint density at radius 2 is 1.85 bits per heavy atom. The van der Waals surface area contributed by atoms with E-state index in [0.717, 1.165) is 24.5 Å². The lowest BCUT2D eigenvalue weighted by molar-refractivity contribution is -0.118. The van der Waals surface area contributed by atoms with E-state index in [-0.39, 0.29) is 30.1 Å². The monoisotopic (exact) mass is 392 g/mol. The van der Waals surface area contributed by atoms with E-state index in [1.54, 1.807) is 6.42 Å². The van der Waals surface area contributed by atoms with E-state index in [1.807, 2.05) is 38.1 Å². The Labute approximate surface area is 166 Å². The fourth-order valence-electron chi connectivity index (χ4n) is 2.97. The van der Waals surface area contributed by atoms with Crippen molar-refractivity contribution in [3.63, 3.8) is 0 Å². The maximum absolute atomic E-state index is 12.0. The summed E-state index contributed by atoms with van der Waals surface area (Å²) in [6, 6.07) is 8.01. The highest BCUT2D eigenvalue weighted by molar-refractivity contribution is 8.00. The Kier molecular flexibility index (Phi) is 8.44. The van der Waals surface area contributed by atoms with Gasteiger partial charge in [0.25, 0.3) is 0 Å². The second-order valence-corrected chi connectivity index (χ2v) is 8.17. The highest BCUT2D eigenvalue weighted by atomic mass is 32.2. The van der Waals surface area contributed by atoms with Crippen LogP contribution in [0.4, 0.5) is 11.4 Å². The molecule has 2 rings (SSSR count). The molecule has 1 aromatic rings. The van der Waals surface area contributed by atoms with Crippen LogP contribution >= 0.6 is 11.8 Å². The van der Waals surface area contributed by atoms with E-state index in [0.29, 0.717) is 11.5 Å². The van der Waals surface area contributed by atoms with Gasteiger partial charge in [-0.2, -0.15) is 11.8 Å². The zero-order valence-corrected chi connectivity index (χ0v) is 17.3. The molecule has 2 N–H and O–H groups in total. The van der Waals surface area contributed by atoms with E-state index in [4.69, 9.17) is 4.74 Å². The predicted octanol–water partition coefficient (Wildman–Crippen LogP) is 2.70. The number of hydrogen-bond donors (Lipinski definition) is 2. The highest BCUT2D eigenvalue weighted by Crippen LogP contribution is 2.22. The van der Waals surface area contributed by atoms with Crippen LogP contribution in [0.5, 0.6) is 0 Å². The second kappa shape index (κ2) is 10.6. The van der Waals surface area contributed by atoms with Gasteiger partial charge >= 0.3 is 0 Å². The lowest BCUT2D eigenvalue weighted by Gasteiger charge is -2.36. The second-order valence-electron chi connectivity index (χ2n) is 7.14. The van der Waals surface area contributed by atoms with Crippen LogP contribution in [0.15, 0.2) is 24.3 Å². The number of anilines is 2. The minimum absolute atomic E-state index is 0.0703. The molecule has 6 nitrogen and oxygen atoms in total. The van der Waals surface area contributed by atoms with Crippen LogP contribution in [0, 0.1) is 6.42 Å². The molecule has 1 aliphatic rings. The molecule has 0 aromatic heterocycles. The molecular formula is C20H30N3O3S. The summed E-state index contributed by atoms with van der Waals surface area (Å²) in [5.41, 5.74) is 1.91. The number of rotatable bonds is 8. The molecule has 2 atom stereocenters. The topological polar surface area (TPSA) is 70.7 Å². The maximum Gasteiger partial charge on any atom is 0.234 e. The Bertz CT molecular complexity index is 611. The SMILES string of the molecule is CC(C)NC(=O)[CH]CSCC(=O)Nc1ccc(N2CC(C)OC(C)C2)cc1. The first-order chi connectivity index (χ1) is 12.8. The summed E-state index contributed by atoms with van der Waals surface area (Å²) in [6.07, 6.45) is 1.99. The number of morpholine rings is 1. The first-order valence-corrected chi connectivity index (χ1v) is 10.5. The van der Waals surface area contributed by atoms with E-state index < -0.39 is 0 Å². The molecule has 1 heterocycles. The third-order valence-corrected chi connectivity index (χ3v) is 4.86. The molecule has 27 heavy (non-hydrogen) atoms. The number of nitrogens with zero attached hydrogens (tertiary/aromatic N) is 1. The maximum atomic E-state index is 12.0. The number of thioether (sulfide) groups is 1. The van der Waals surface area contributed by atoms with E-state index in [2.05, 4.69) is 29.4 Å². The quantitative estimate of drug-likeness (QED) is 0.666. The molecule has 149 valence electrons. The first kappa shape index (κ1) is 21.6. The molecule has 0 aliphatic carbocycles. The number of hydrogen-bond acceptors (Lipinski definition) is 5. The molecule has 2 unspecified atom stereocenters. The van der Waals surface area contributed by atoms with Crippen molar-refractivity contribution < 1.29 is 14.3 Å². The lowest BCUT2D eigenvalue weighted by Crippen LogP contribution is -2.45. The summed E-state index contributed by atoms with van der Waals surface area (Å²) in [4.78, 5) is 25.8. The van der Waals surface area contributed by atoms with Crippen molar-refractivity contribution in [3.8, 4) is 0 Å². The number of carbonyl (C=O) groups excluding carboxylic acids is 2. The largest absolute Gasteiger partial charge is 0.372 e. The third-order valence-electron chi connectivity index (χ3n) is 3.99. The van der Waals surface area contributed by atoms with Crippen molar-refractivity contribution in [2.75, 3.05) is 34.8 Å². The summed E-state index contributed by atoms with van der Waals surface area (Å²) in [5.74, 6) is 0.656. The Hall–Kier alpha value is -1.73. The van der Waals surface area contributed by atoms with Crippen molar-refractivity contribution in [1.29, 1.82) is 0 Å². The summed E-state index contributed by atoms with van der Waals surface area (Å²) < 4.78 is 5.77. The Morgan fingerprint density at radius 1 is 1.22 bits per heavy atom. The lowest BCUT2D eigenvalue weighted by atomic mass is 10.2. The van der Waals surface area contributed by atoms with Gasteiger partial charge in [0.1, 0.15) is 0 Å². The zero-order valence-electron chi connectivity index (χ0n) is 16.5. The van der Waals surface area contributed by atoms with E-state index in [9.17, 15) is 9.59 Å². The summed E-state index contributed by atoms with van der Waals surface area (Å²) >= 11 is 1.41. The van der Waals surface area contributed by atoms with Gasteiger partial charge in [-0.15, -0.1) is 0 Å².